The summed E-state index contributed by atoms with van der Waals surface area (Å²) in [5.41, 5.74) is 0. The summed E-state index contributed by atoms with van der Waals surface area (Å²) in [5.74, 6) is -0.263. The molecular formula is C9H17NO2. The Kier molecular flexibility index (Phi) is 5.37. The van der Waals surface area contributed by atoms with Crippen LogP contribution in [0, 0.1) is 5.92 Å². The molecule has 0 aliphatic rings. The van der Waals surface area contributed by atoms with E-state index >= 15 is 0 Å². The Hall–Kier alpha value is -0.830. The van der Waals surface area contributed by atoms with E-state index in [0.29, 0.717) is 12.5 Å². The Morgan fingerprint density at radius 2 is 2.17 bits per heavy atom. The van der Waals surface area contributed by atoms with Gasteiger partial charge >= 0.3 is 5.97 Å². The van der Waals surface area contributed by atoms with E-state index in [-0.39, 0.29) is 0 Å². The van der Waals surface area contributed by atoms with Gasteiger partial charge in [-0.05, 0) is 13.0 Å². The Morgan fingerprint density at radius 3 is 2.58 bits per heavy atom. The minimum absolute atomic E-state index is 0.619. The zero-order chi connectivity index (χ0) is 9.56. The number of hydrogen-bond acceptors (Lipinski definition) is 2. The smallest absolute Gasteiger partial charge is 0.328 e. The summed E-state index contributed by atoms with van der Waals surface area (Å²) in [6.07, 6.45) is 2.83. The van der Waals surface area contributed by atoms with Gasteiger partial charge in [-0.2, -0.15) is 0 Å². The molecule has 0 heterocycles. The maximum Gasteiger partial charge on any atom is 0.328 e. The van der Waals surface area contributed by atoms with E-state index in [9.17, 15) is 4.79 Å². The molecule has 0 rings (SSSR count). The highest BCUT2D eigenvalue weighted by atomic mass is 16.4. The van der Waals surface area contributed by atoms with Crippen molar-refractivity contribution in [2.75, 3.05) is 20.1 Å². The Labute approximate surface area is 73.7 Å². The highest BCUT2D eigenvalue weighted by molar-refractivity contribution is 5.79. The maximum absolute atomic E-state index is 10.1. The largest absolute Gasteiger partial charge is 0.478 e. The van der Waals surface area contributed by atoms with E-state index in [1.165, 1.54) is 6.08 Å². The van der Waals surface area contributed by atoms with Crippen LogP contribution >= 0.6 is 0 Å². The van der Waals surface area contributed by atoms with Gasteiger partial charge in [0.2, 0.25) is 0 Å². The van der Waals surface area contributed by atoms with Gasteiger partial charge in [0.25, 0.3) is 0 Å². The molecule has 1 N–H and O–H groups in total. The summed E-state index contributed by atoms with van der Waals surface area (Å²) < 4.78 is 0. The monoisotopic (exact) mass is 171 g/mol. The Balaban J connectivity index is 3.56. The van der Waals surface area contributed by atoms with Gasteiger partial charge in [0.15, 0.2) is 0 Å². The van der Waals surface area contributed by atoms with Crippen LogP contribution < -0.4 is 0 Å². The van der Waals surface area contributed by atoms with E-state index < -0.39 is 5.97 Å². The van der Waals surface area contributed by atoms with Gasteiger partial charge in [-0.3, -0.25) is 0 Å². The topological polar surface area (TPSA) is 40.5 Å². The number of nitrogens with zero attached hydrogens (tertiary/aromatic N) is 1. The molecule has 70 valence electrons. The highest BCUT2D eigenvalue weighted by Crippen LogP contribution is 1.94. The van der Waals surface area contributed by atoms with Gasteiger partial charge in [0.05, 0.1) is 0 Å². The normalized spacial score (nSPS) is 11.8. The van der Waals surface area contributed by atoms with Crippen molar-refractivity contribution in [1.82, 2.24) is 4.90 Å². The van der Waals surface area contributed by atoms with Crippen molar-refractivity contribution in [3.63, 3.8) is 0 Å². The fourth-order valence-electron chi connectivity index (χ4n) is 1.03. The number of aliphatic carboxylic acids is 1. The van der Waals surface area contributed by atoms with E-state index in [0.717, 1.165) is 6.54 Å². The molecule has 0 aromatic heterocycles. The standard InChI is InChI=1S/C9H17NO2/c1-8(2)7-10(3)6-4-5-9(11)12/h4-5,8H,6-7H2,1-3H3,(H,11,12)/b5-4+. The molecule has 0 atom stereocenters. The summed E-state index contributed by atoms with van der Waals surface area (Å²) in [5, 5.41) is 8.30. The number of carboxylic acids is 1. The van der Waals surface area contributed by atoms with Crippen molar-refractivity contribution >= 4 is 5.97 Å². The van der Waals surface area contributed by atoms with Crippen LogP contribution in [-0.2, 0) is 4.79 Å². The molecule has 0 aliphatic heterocycles. The van der Waals surface area contributed by atoms with E-state index in [4.69, 9.17) is 5.11 Å². The summed E-state index contributed by atoms with van der Waals surface area (Å²) >= 11 is 0. The first-order valence-electron chi connectivity index (χ1n) is 4.10. The van der Waals surface area contributed by atoms with Crippen molar-refractivity contribution in [3.8, 4) is 0 Å². The zero-order valence-corrected chi connectivity index (χ0v) is 7.95. The third-order valence-corrected chi connectivity index (χ3v) is 1.35. The molecule has 0 radical (unpaired) electrons. The number of likely N-dealkylation sites (N-methyl/N-ethyl adjacent to an activating group) is 1. The molecule has 12 heavy (non-hydrogen) atoms. The van der Waals surface area contributed by atoms with Crippen LogP contribution in [0.3, 0.4) is 0 Å². The summed E-state index contributed by atoms with van der Waals surface area (Å²) in [6.45, 7) is 5.96. The number of carbonyl (C=O) groups is 1. The minimum Gasteiger partial charge on any atom is -0.478 e. The van der Waals surface area contributed by atoms with E-state index in [1.54, 1.807) is 6.08 Å². The third kappa shape index (κ3) is 7.28. The fourth-order valence-corrected chi connectivity index (χ4v) is 1.03. The van der Waals surface area contributed by atoms with Crippen LogP contribution in [0.2, 0.25) is 0 Å². The number of hydrogen-bond donors (Lipinski definition) is 1. The lowest BCUT2D eigenvalue weighted by Gasteiger charge is -2.16. The van der Waals surface area contributed by atoms with Gasteiger partial charge in [-0.15, -0.1) is 0 Å². The lowest BCUT2D eigenvalue weighted by atomic mass is 10.2. The predicted octanol–water partition coefficient (Wildman–Crippen LogP) is 1.22. The van der Waals surface area contributed by atoms with Crippen LogP contribution in [0.25, 0.3) is 0 Å². The number of carboxylic acid groups (broad SMARTS) is 1. The second-order valence-electron chi connectivity index (χ2n) is 3.36. The Morgan fingerprint density at radius 1 is 1.58 bits per heavy atom. The lowest BCUT2D eigenvalue weighted by molar-refractivity contribution is -0.131. The van der Waals surface area contributed by atoms with Crippen molar-refractivity contribution < 1.29 is 9.90 Å². The molecule has 0 fully saturated rings. The summed E-state index contributed by atoms with van der Waals surface area (Å²) in [4.78, 5) is 12.2. The molecule has 0 aromatic carbocycles. The van der Waals surface area contributed by atoms with Gasteiger partial charge in [-0.25, -0.2) is 4.79 Å². The van der Waals surface area contributed by atoms with Crippen molar-refractivity contribution in [3.05, 3.63) is 12.2 Å². The van der Waals surface area contributed by atoms with Gasteiger partial charge in [0.1, 0.15) is 0 Å². The van der Waals surface area contributed by atoms with Crippen molar-refractivity contribution in [1.29, 1.82) is 0 Å². The second kappa shape index (κ2) is 5.77. The van der Waals surface area contributed by atoms with E-state index in [2.05, 4.69) is 18.7 Å². The average molecular weight is 171 g/mol. The lowest BCUT2D eigenvalue weighted by Crippen LogP contribution is -2.23. The molecule has 0 aromatic rings. The van der Waals surface area contributed by atoms with Gasteiger partial charge in [-0.1, -0.05) is 19.9 Å². The van der Waals surface area contributed by atoms with Crippen LogP contribution in [0.15, 0.2) is 12.2 Å². The van der Waals surface area contributed by atoms with Crippen molar-refractivity contribution in [2.45, 2.75) is 13.8 Å². The van der Waals surface area contributed by atoms with Crippen molar-refractivity contribution in [2.24, 2.45) is 5.92 Å². The fraction of sp³-hybridized carbons (Fsp3) is 0.667. The summed E-state index contributed by atoms with van der Waals surface area (Å²) in [6, 6.07) is 0. The predicted molar refractivity (Wildman–Crippen MR) is 49.1 cm³/mol. The third-order valence-electron chi connectivity index (χ3n) is 1.35. The number of rotatable bonds is 5. The quantitative estimate of drug-likeness (QED) is 0.632. The second-order valence-corrected chi connectivity index (χ2v) is 3.36. The molecular weight excluding hydrogens is 154 g/mol. The highest BCUT2D eigenvalue weighted by Gasteiger charge is 1.98. The SMILES string of the molecule is CC(C)CN(C)C/C=C/C(=O)O. The maximum atomic E-state index is 10.1. The zero-order valence-electron chi connectivity index (χ0n) is 7.95. The van der Waals surface area contributed by atoms with Crippen LogP contribution in [-0.4, -0.2) is 36.1 Å². The first-order chi connectivity index (χ1) is 5.52. The minimum atomic E-state index is -0.882. The molecule has 0 spiro atoms. The first kappa shape index (κ1) is 11.2. The Bertz CT molecular complexity index is 164. The van der Waals surface area contributed by atoms with Crippen LogP contribution in [0.5, 0.6) is 0 Å². The van der Waals surface area contributed by atoms with Crippen LogP contribution in [0.1, 0.15) is 13.8 Å². The molecule has 3 nitrogen and oxygen atoms in total. The molecule has 0 saturated carbocycles. The molecule has 0 saturated heterocycles. The van der Waals surface area contributed by atoms with E-state index in [1.807, 2.05) is 7.05 Å². The van der Waals surface area contributed by atoms with Gasteiger partial charge < -0.3 is 10.0 Å². The molecule has 0 bridgehead atoms. The van der Waals surface area contributed by atoms with Crippen LogP contribution in [0.4, 0.5) is 0 Å². The molecule has 0 aliphatic carbocycles. The van der Waals surface area contributed by atoms with Gasteiger partial charge in [0, 0.05) is 19.2 Å². The summed E-state index contributed by atoms with van der Waals surface area (Å²) in [7, 11) is 1.98. The molecule has 3 heteroatoms. The average Bonchev–Trinajstić information content (AvgIpc) is 1.84. The first-order valence-corrected chi connectivity index (χ1v) is 4.10. The molecule has 0 unspecified atom stereocenters. The molecule has 0 amide bonds.